The fourth-order valence-corrected chi connectivity index (χ4v) is 6.92. The maximum Gasteiger partial charge on any atom is 0.340 e. The molecule has 2 heterocycles. The molecule has 0 aliphatic carbocycles. The van der Waals surface area contributed by atoms with Gasteiger partial charge in [-0.05, 0) is 48.5 Å². The first-order chi connectivity index (χ1) is 32.0. The Morgan fingerprint density at radius 3 is 1.34 bits per heavy atom. The third-order valence-electron chi connectivity index (χ3n) is 10.2. The van der Waals surface area contributed by atoms with Gasteiger partial charge in [0.25, 0.3) is 0 Å². The average Bonchev–Trinajstić information content (AvgIpc) is 3.30. The number of cyclic esters (lactones) is 1. The SMILES string of the molecule is COc1cc2c(c(O)c1O)-c1c(cc(O)c(O)c1O)C(=O)O[C@@H]1C(COC2=O)O[C@@H](OC(=O)c2cc(O)c(O)c(O)c2)[C@@H](OC(=O)c2cc(O)c(O)c(O)c2)C1OC(=O)c1cc(O)c(O)c(O)c1. The lowest BCUT2D eigenvalue weighted by atomic mass is 9.91. The van der Waals surface area contributed by atoms with Gasteiger partial charge in [0, 0.05) is 11.1 Å². The summed E-state index contributed by atoms with van der Waals surface area (Å²) in [4.78, 5) is 70.1. The van der Waals surface area contributed by atoms with Crippen LogP contribution in [0, 0.1) is 0 Å². The number of aromatic hydroxyl groups is 14. The molecule has 0 aromatic heterocycles. The number of carbonyl (C=O) groups is 5. The Labute approximate surface area is 376 Å². The van der Waals surface area contributed by atoms with Crippen LogP contribution < -0.4 is 4.74 Å². The van der Waals surface area contributed by atoms with Gasteiger partial charge in [-0.15, -0.1) is 0 Å². The Bertz CT molecular complexity index is 2890. The lowest BCUT2D eigenvalue weighted by molar-refractivity contribution is -0.282. The highest BCUT2D eigenvalue weighted by Crippen LogP contribution is 2.53. The first kappa shape index (κ1) is 46.4. The van der Waals surface area contributed by atoms with Gasteiger partial charge in [0.1, 0.15) is 12.7 Å². The molecular formula is C42H32O26. The van der Waals surface area contributed by atoms with Crippen molar-refractivity contribution in [1.82, 2.24) is 0 Å². The molecule has 68 heavy (non-hydrogen) atoms. The van der Waals surface area contributed by atoms with Gasteiger partial charge < -0.3 is 105 Å². The molecule has 5 aromatic carbocycles. The maximum atomic E-state index is 14.5. The number of phenols is 14. The Kier molecular flexibility index (Phi) is 11.9. The second-order valence-electron chi connectivity index (χ2n) is 14.5. The van der Waals surface area contributed by atoms with Gasteiger partial charge in [-0.25, -0.2) is 24.0 Å². The molecule has 5 aromatic rings. The highest BCUT2D eigenvalue weighted by Gasteiger charge is 2.55. The summed E-state index contributed by atoms with van der Waals surface area (Å²) in [6, 6.07) is 4.52. The number of hydrogen-bond donors (Lipinski definition) is 14. The number of hydrogen-bond acceptors (Lipinski definition) is 26. The first-order valence-corrected chi connectivity index (χ1v) is 18.8. The zero-order valence-corrected chi connectivity index (χ0v) is 33.9. The Hall–Kier alpha value is -9.59. The first-order valence-electron chi connectivity index (χ1n) is 18.8. The van der Waals surface area contributed by atoms with E-state index in [-0.39, 0.29) is 0 Å². The van der Waals surface area contributed by atoms with Crippen molar-refractivity contribution in [2.75, 3.05) is 13.7 Å². The fraction of sp³-hybridized carbons (Fsp3) is 0.167. The predicted octanol–water partition coefficient (Wildman–Crippen LogP) is 1.97. The summed E-state index contributed by atoms with van der Waals surface area (Å²) >= 11 is 0. The summed E-state index contributed by atoms with van der Waals surface area (Å²) < 4.78 is 38.7. The molecule has 1 fully saturated rings. The minimum Gasteiger partial charge on any atom is -0.504 e. The minimum atomic E-state index is -2.54. The molecule has 5 atom stereocenters. The highest BCUT2D eigenvalue weighted by molar-refractivity contribution is 6.08. The van der Waals surface area contributed by atoms with Crippen molar-refractivity contribution < 1.29 is 129 Å². The molecular weight excluding hydrogens is 920 g/mol. The van der Waals surface area contributed by atoms with Crippen LogP contribution >= 0.6 is 0 Å². The molecule has 14 N–H and O–H groups in total. The predicted molar refractivity (Wildman–Crippen MR) is 213 cm³/mol. The van der Waals surface area contributed by atoms with Gasteiger partial charge >= 0.3 is 29.8 Å². The van der Waals surface area contributed by atoms with Crippen molar-refractivity contribution in [2.45, 2.75) is 30.7 Å². The number of carbonyl (C=O) groups excluding carboxylic acids is 5. The summed E-state index contributed by atoms with van der Waals surface area (Å²) in [5.74, 6) is -25.1. The number of methoxy groups -OCH3 is 1. The van der Waals surface area contributed by atoms with E-state index in [2.05, 4.69) is 0 Å². The van der Waals surface area contributed by atoms with Gasteiger partial charge in [0.05, 0.1) is 34.9 Å². The van der Waals surface area contributed by atoms with Crippen molar-refractivity contribution in [1.29, 1.82) is 0 Å². The third-order valence-corrected chi connectivity index (χ3v) is 10.2. The normalized spacial score (nSPS) is 18.8. The summed E-state index contributed by atoms with van der Waals surface area (Å²) in [6.07, 6.45) is -12.1. The van der Waals surface area contributed by atoms with E-state index in [4.69, 9.17) is 33.2 Å². The quantitative estimate of drug-likeness (QED) is 0.0630. The standard InChI is InChI=1S/C42H32O26/c1-62-23-9-15-26(33(56)31(23)54)25-14(8-22(49)30(53)32(25)55)41(61)65-34-24(10-63-40(15)60)64-42(68-39(59)13-6-20(47)29(52)21(48)7-13)36(67-38(58)12-4-18(45)28(51)19(46)5-12)35(34)66-37(57)11-2-16(43)27(50)17(44)3-11/h2-9,24,34-36,42-56H,10H2,1H3/t24?,34-,35?,36+,42+/m1/s1. The van der Waals surface area contributed by atoms with Gasteiger partial charge in [0.15, 0.2) is 87.0 Å². The van der Waals surface area contributed by atoms with Crippen LogP contribution in [0.2, 0.25) is 0 Å². The number of phenolic OH excluding ortho intramolecular Hbond substituents is 14. The Balaban J connectivity index is 1.45. The van der Waals surface area contributed by atoms with Gasteiger partial charge in [-0.2, -0.15) is 0 Å². The minimum absolute atomic E-state index is 0.441. The molecule has 0 bridgehead atoms. The molecule has 2 unspecified atom stereocenters. The van der Waals surface area contributed by atoms with Crippen molar-refractivity contribution in [3.8, 4) is 97.4 Å². The number of esters is 5. The number of benzene rings is 5. The van der Waals surface area contributed by atoms with Crippen molar-refractivity contribution in [2.24, 2.45) is 0 Å². The Morgan fingerprint density at radius 1 is 0.485 bits per heavy atom. The van der Waals surface area contributed by atoms with Crippen LogP contribution in [-0.2, 0) is 28.4 Å². The maximum absolute atomic E-state index is 14.5. The summed E-state index contributed by atoms with van der Waals surface area (Å²) in [5.41, 5.74) is -6.26. The molecule has 356 valence electrons. The molecule has 0 amide bonds. The number of fused-ring (bicyclic) bond motifs is 4. The number of ether oxygens (including phenoxy) is 7. The van der Waals surface area contributed by atoms with Gasteiger partial charge in [0.2, 0.25) is 23.9 Å². The molecule has 0 spiro atoms. The van der Waals surface area contributed by atoms with E-state index < -0.39 is 192 Å². The van der Waals surface area contributed by atoms with Gasteiger partial charge in [-0.3, -0.25) is 0 Å². The van der Waals surface area contributed by atoms with Crippen LogP contribution in [0.25, 0.3) is 11.1 Å². The molecule has 2 aliphatic rings. The smallest absolute Gasteiger partial charge is 0.340 e. The molecule has 26 nitrogen and oxygen atoms in total. The number of rotatable bonds is 7. The highest BCUT2D eigenvalue weighted by atomic mass is 16.7. The second-order valence-corrected chi connectivity index (χ2v) is 14.5. The molecule has 2 aliphatic heterocycles. The second kappa shape index (κ2) is 17.4. The molecule has 7 rings (SSSR count). The van der Waals surface area contributed by atoms with E-state index in [9.17, 15) is 95.5 Å². The fourth-order valence-electron chi connectivity index (χ4n) is 6.92. The molecule has 0 radical (unpaired) electrons. The lowest BCUT2D eigenvalue weighted by Crippen LogP contribution is -2.63. The van der Waals surface area contributed by atoms with Crippen LogP contribution in [0.4, 0.5) is 0 Å². The topological polar surface area (TPSA) is 433 Å². The van der Waals surface area contributed by atoms with E-state index in [1.807, 2.05) is 0 Å². The zero-order valence-electron chi connectivity index (χ0n) is 33.9. The van der Waals surface area contributed by atoms with Crippen LogP contribution in [0.3, 0.4) is 0 Å². The zero-order chi connectivity index (χ0) is 49.8. The van der Waals surface area contributed by atoms with E-state index >= 15 is 0 Å². The largest absolute Gasteiger partial charge is 0.504 e. The van der Waals surface area contributed by atoms with E-state index in [0.717, 1.165) is 13.2 Å². The summed E-state index contributed by atoms with van der Waals surface area (Å²) in [7, 11) is 0.992. The molecule has 26 heteroatoms. The van der Waals surface area contributed by atoms with Crippen LogP contribution in [0.15, 0.2) is 48.5 Å². The lowest BCUT2D eigenvalue weighted by Gasteiger charge is -2.43. The monoisotopic (exact) mass is 952 g/mol. The van der Waals surface area contributed by atoms with E-state index in [1.54, 1.807) is 0 Å². The van der Waals surface area contributed by atoms with E-state index in [0.29, 0.717) is 42.5 Å². The molecule has 1 saturated heterocycles. The van der Waals surface area contributed by atoms with Crippen LogP contribution in [0.1, 0.15) is 51.8 Å². The van der Waals surface area contributed by atoms with Crippen LogP contribution in [-0.4, -0.2) is 146 Å². The molecule has 0 saturated carbocycles. The van der Waals surface area contributed by atoms with Crippen molar-refractivity contribution >= 4 is 29.8 Å². The van der Waals surface area contributed by atoms with Crippen molar-refractivity contribution in [3.05, 3.63) is 76.3 Å². The Morgan fingerprint density at radius 2 is 0.882 bits per heavy atom. The van der Waals surface area contributed by atoms with Crippen LogP contribution in [0.5, 0.6) is 86.2 Å². The summed E-state index contributed by atoms with van der Waals surface area (Å²) in [5, 5.41) is 145. The van der Waals surface area contributed by atoms with Gasteiger partial charge in [-0.1, -0.05) is 0 Å². The third kappa shape index (κ3) is 8.19. The van der Waals surface area contributed by atoms with Crippen molar-refractivity contribution in [3.63, 3.8) is 0 Å². The van der Waals surface area contributed by atoms with E-state index in [1.165, 1.54) is 0 Å². The average molecular weight is 953 g/mol. The summed E-state index contributed by atoms with van der Waals surface area (Å²) in [6.45, 7) is -1.22.